The van der Waals surface area contributed by atoms with Crippen LogP contribution in [0.25, 0.3) is 0 Å². The van der Waals surface area contributed by atoms with Crippen LogP contribution in [-0.4, -0.2) is 38.8 Å². The van der Waals surface area contributed by atoms with E-state index in [1.165, 1.54) is 18.4 Å². The highest BCUT2D eigenvalue weighted by Crippen LogP contribution is 2.50. The number of thiophene rings is 1. The van der Waals surface area contributed by atoms with E-state index in [1.807, 2.05) is 6.92 Å². The molecule has 0 amide bonds. The van der Waals surface area contributed by atoms with Gasteiger partial charge in [0.25, 0.3) is 0 Å². The number of hydrogen-bond donors (Lipinski definition) is 0. The molecule has 0 saturated heterocycles. The van der Waals surface area contributed by atoms with Crippen LogP contribution in [0.2, 0.25) is 0 Å². The Morgan fingerprint density at radius 1 is 1.33 bits per heavy atom. The molecule has 0 atom stereocenters. The molecule has 0 aliphatic heterocycles. The standard InChI is InChI=1S/C14H18O5S2/c1-10-3-4-12(20-10)11(15)8-21(17,18)9-14(5-6-14)7-13(16)19-2/h3-4H,5-9H2,1-2H3. The van der Waals surface area contributed by atoms with Crippen LogP contribution in [0.15, 0.2) is 12.1 Å². The fraction of sp³-hybridized carbons (Fsp3) is 0.571. The van der Waals surface area contributed by atoms with Crippen molar-refractivity contribution >= 4 is 32.9 Å². The van der Waals surface area contributed by atoms with Gasteiger partial charge in [-0.15, -0.1) is 11.3 Å². The van der Waals surface area contributed by atoms with Gasteiger partial charge in [-0.25, -0.2) is 8.42 Å². The van der Waals surface area contributed by atoms with Crippen molar-refractivity contribution in [3.05, 3.63) is 21.9 Å². The maximum Gasteiger partial charge on any atom is 0.306 e. The summed E-state index contributed by atoms with van der Waals surface area (Å²) in [6.45, 7) is 1.87. The maximum atomic E-state index is 12.2. The van der Waals surface area contributed by atoms with E-state index >= 15 is 0 Å². The summed E-state index contributed by atoms with van der Waals surface area (Å²) in [7, 11) is -2.23. The molecule has 1 saturated carbocycles. The van der Waals surface area contributed by atoms with Crippen molar-refractivity contribution in [2.45, 2.75) is 26.2 Å². The number of aryl methyl sites for hydroxylation is 1. The molecule has 0 spiro atoms. The van der Waals surface area contributed by atoms with Gasteiger partial charge in [0.2, 0.25) is 0 Å². The molecule has 2 rings (SSSR count). The Labute approximate surface area is 128 Å². The lowest BCUT2D eigenvalue weighted by molar-refractivity contribution is -0.141. The van der Waals surface area contributed by atoms with Crippen LogP contribution >= 0.6 is 11.3 Å². The van der Waals surface area contributed by atoms with Crippen LogP contribution < -0.4 is 0 Å². The number of ketones is 1. The minimum absolute atomic E-state index is 0.106. The summed E-state index contributed by atoms with van der Waals surface area (Å²) >= 11 is 1.30. The Morgan fingerprint density at radius 2 is 2.00 bits per heavy atom. The molecular formula is C14H18O5S2. The quantitative estimate of drug-likeness (QED) is 0.564. The zero-order valence-corrected chi connectivity index (χ0v) is 13.7. The minimum atomic E-state index is -3.52. The lowest BCUT2D eigenvalue weighted by Crippen LogP contribution is -2.26. The summed E-state index contributed by atoms with van der Waals surface area (Å²) in [6.07, 6.45) is 1.48. The average molecular weight is 330 g/mol. The fourth-order valence-electron chi connectivity index (χ4n) is 2.30. The molecule has 21 heavy (non-hydrogen) atoms. The van der Waals surface area contributed by atoms with E-state index in [-0.39, 0.29) is 18.0 Å². The first-order chi connectivity index (χ1) is 9.75. The van der Waals surface area contributed by atoms with Crippen LogP contribution in [0.3, 0.4) is 0 Å². The van der Waals surface area contributed by atoms with Gasteiger partial charge in [0.1, 0.15) is 5.75 Å². The number of sulfone groups is 1. The Bertz CT molecular complexity index is 653. The van der Waals surface area contributed by atoms with Gasteiger partial charge in [-0.2, -0.15) is 0 Å². The predicted molar refractivity (Wildman–Crippen MR) is 80.3 cm³/mol. The van der Waals surface area contributed by atoms with Crippen LogP contribution in [0.1, 0.15) is 33.8 Å². The molecule has 1 aliphatic rings. The lowest BCUT2D eigenvalue weighted by atomic mass is 10.1. The number of Topliss-reactive ketones (excluding diaryl/α,β-unsaturated/α-hetero) is 1. The van der Waals surface area contributed by atoms with E-state index in [1.54, 1.807) is 12.1 Å². The summed E-state index contributed by atoms with van der Waals surface area (Å²) in [5, 5.41) is 0. The van der Waals surface area contributed by atoms with Crippen LogP contribution in [0.5, 0.6) is 0 Å². The topological polar surface area (TPSA) is 77.5 Å². The number of methoxy groups -OCH3 is 1. The third kappa shape index (κ3) is 4.38. The largest absolute Gasteiger partial charge is 0.469 e. The van der Waals surface area contributed by atoms with E-state index in [0.29, 0.717) is 17.7 Å². The fourth-order valence-corrected chi connectivity index (χ4v) is 5.18. The highest BCUT2D eigenvalue weighted by atomic mass is 32.2. The first-order valence-corrected chi connectivity index (χ1v) is 9.26. The van der Waals surface area contributed by atoms with Crippen LogP contribution in [-0.2, 0) is 19.4 Å². The van der Waals surface area contributed by atoms with E-state index in [0.717, 1.165) is 4.88 Å². The summed E-state index contributed by atoms with van der Waals surface area (Å²) in [6, 6.07) is 3.45. The van der Waals surface area contributed by atoms with Crippen molar-refractivity contribution in [3.8, 4) is 0 Å². The van der Waals surface area contributed by atoms with Gasteiger partial charge < -0.3 is 4.74 Å². The number of hydrogen-bond acceptors (Lipinski definition) is 6. The smallest absolute Gasteiger partial charge is 0.306 e. The molecule has 116 valence electrons. The second kappa shape index (κ2) is 5.88. The first-order valence-electron chi connectivity index (χ1n) is 6.62. The molecule has 0 radical (unpaired) electrons. The van der Waals surface area contributed by atoms with Crippen molar-refractivity contribution in [1.29, 1.82) is 0 Å². The number of rotatable bonds is 7. The summed E-state index contributed by atoms with van der Waals surface area (Å²) in [4.78, 5) is 24.8. The zero-order chi connectivity index (χ0) is 15.7. The first kappa shape index (κ1) is 16.2. The van der Waals surface area contributed by atoms with Crippen molar-refractivity contribution in [2.24, 2.45) is 5.41 Å². The Balaban J connectivity index is 1.99. The molecule has 1 aromatic rings. The molecule has 1 fully saturated rings. The molecule has 5 nitrogen and oxygen atoms in total. The second-order valence-electron chi connectivity index (χ2n) is 5.62. The molecular weight excluding hydrogens is 312 g/mol. The summed E-state index contributed by atoms with van der Waals surface area (Å²) in [5.41, 5.74) is -0.516. The van der Waals surface area contributed by atoms with Gasteiger partial charge >= 0.3 is 5.97 Å². The number of ether oxygens (including phenoxy) is 1. The average Bonchev–Trinajstić information content (AvgIpc) is 2.95. The molecule has 0 unspecified atom stereocenters. The van der Waals surface area contributed by atoms with E-state index in [2.05, 4.69) is 4.74 Å². The molecule has 0 bridgehead atoms. The molecule has 1 heterocycles. The van der Waals surface area contributed by atoms with Gasteiger partial charge in [0.05, 0.1) is 24.2 Å². The number of carbonyl (C=O) groups is 2. The van der Waals surface area contributed by atoms with Crippen molar-refractivity contribution in [2.75, 3.05) is 18.6 Å². The van der Waals surface area contributed by atoms with Gasteiger partial charge in [-0.3, -0.25) is 9.59 Å². The van der Waals surface area contributed by atoms with Gasteiger partial charge in [-0.1, -0.05) is 0 Å². The van der Waals surface area contributed by atoms with Gasteiger partial charge in [-0.05, 0) is 37.3 Å². The second-order valence-corrected chi connectivity index (χ2v) is 8.97. The molecule has 1 aliphatic carbocycles. The van der Waals surface area contributed by atoms with E-state index in [4.69, 9.17) is 0 Å². The zero-order valence-electron chi connectivity index (χ0n) is 12.0. The van der Waals surface area contributed by atoms with Gasteiger partial charge in [0, 0.05) is 4.88 Å². The van der Waals surface area contributed by atoms with Crippen molar-refractivity contribution in [1.82, 2.24) is 0 Å². The monoisotopic (exact) mass is 330 g/mol. The Hall–Kier alpha value is -1.21. The molecule has 1 aromatic heterocycles. The third-order valence-corrected chi connectivity index (χ3v) is 6.39. The maximum absolute atomic E-state index is 12.2. The molecule has 0 aromatic carbocycles. The van der Waals surface area contributed by atoms with E-state index < -0.39 is 27.0 Å². The minimum Gasteiger partial charge on any atom is -0.469 e. The molecule has 0 N–H and O–H groups in total. The Morgan fingerprint density at radius 3 is 2.48 bits per heavy atom. The van der Waals surface area contributed by atoms with Crippen LogP contribution in [0, 0.1) is 12.3 Å². The Kier molecular flexibility index (Phi) is 4.53. The highest BCUT2D eigenvalue weighted by molar-refractivity contribution is 7.92. The lowest BCUT2D eigenvalue weighted by Gasteiger charge is -2.13. The third-order valence-electron chi connectivity index (χ3n) is 3.60. The highest BCUT2D eigenvalue weighted by Gasteiger charge is 2.48. The molecule has 7 heteroatoms. The normalized spacial score (nSPS) is 16.5. The summed E-state index contributed by atoms with van der Waals surface area (Å²) < 4.78 is 29.0. The number of carbonyl (C=O) groups excluding carboxylic acids is 2. The number of esters is 1. The van der Waals surface area contributed by atoms with Crippen LogP contribution in [0.4, 0.5) is 0 Å². The SMILES string of the molecule is COC(=O)CC1(CS(=O)(=O)CC(=O)c2ccc(C)s2)CC1. The van der Waals surface area contributed by atoms with Gasteiger partial charge in [0.15, 0.2) is 15.6 Å². The predicted octanol–water partition coefficient (Wildman–Crippen LogP) is 2.00. The summed E-state index contributed by atoms with van der Waals surface area (Å²) in [5.74, 6) is -1.38. The van der Waals surface area contributed by atoms with Crippen molar-refractivity contribution in [3.63, 3.8) is 0 Å². The van der Waals surface area contributed by atoms with Crippen molar-refractivity contribution < 1.29 is 22.7 Å². The van der Waals surface area contributed by atoms with E-state index in [9.17, 15) is 18.0 Å².